The maximum atomic E-state index is 6.01. The summed E-state index contributed by atoms with van der Waals surface area (Å²) in [6.07, 6.45) is 3.53. The van der Waals surface area contributed by atoms with E-state index in [2.05, 4.69) is 34.6 Å². The van der Waals surface area contributed by atoms with Crippen LogP contribution in [-0.2, 0) is 19.5 Å². The summed E-state index contributed by atoms with van der Waals surface area (Å²) in [6, 6.07) is 2.80. The molecule has 1 aliphatic rings. The van der Waals surface area contributed by atoms with Crippen molar-refractivity contribution in [3.63, 3.8) is 0 Å². The maximum absolute atomic E-state index is 6.01. The van der Waals surface area contributed by atoms with Crippen molar-refractivity contribution >= 4 is 11.6 Å². The Kier molecular flexibility index (Phi) is 4.46. The lowest BCUT2D eigenvalue weighted by Crippen LogP contribution is -2.31. The topological polar surface area (TPSA) is 21.1 Å². The van der Waals surface area contributed by atoms with Crippen molar-refractivity contribution in [2.45, 2.75) is 52.2 Å². The molecule has 2 rings (SSSR count). The van der Waals surface area contributed by atoms with Gasteiger partial charge in [-0.05, 0) is 38.8 Å². The zero-order valence-electron chi connectivity index (χ0n) is 10.8. The number of hydrogen-bond acceptors (Lipinski definition) is 2. The van der Waals surface area contributed by atoms with Gasteiger partial charge in [-0.1, -0.05) is 6.92 Å². The van der Waals surface area contributed by atoms with Gasteiger partial charge in [0.25, 0.3) is 0 Å². The third-order valence-corrected chi connectivity index (χ3v) is 3.97. The van der Waals surface area contributed by atoms with E-state index in [0.29, 0.717) is 6.04 Å². The number of aryl methyl sites for hydroxylation is 2. The first-order valence-electron chi connectivity index (χ1n) is 6.64. The summed E-state index contributed by atoms with van der Waals surface area (Å²) in [5.74, 6) is 0.751. The molecule has 0 saturated carbocycles. The van der Waals surface area contributed by atoms with Crippen molar-refractivity contribution in [3.05, 3.63) is 17.5 Å². The normalized spacial score (nSPS) is 21.2. The molecule has 1 aliphatic heterocycles. The van der Waals surface area contributed by atoms with Crippen molar-refractivity contribution < 1.29 is 0 Å². The fourth-order valence-electron chi connectivity index (χ4n) is 2.57. The first kappa shape index (κ1) is 12.9. The number of alkyl halides is 1. The summed E-state index contributed by atoms with van der Waals surface area (Å²) in [4.78, 5) is 2.50. The van der Waals surface area contributed by atoms with Crippen LogP contribution in [0.2, 0.25) is 0 Å². The fourth-order valence-corrected chi connectivity index (χ4v) is 2.92. The smallest absolute Gasteiger partial charge is 0.0625 e. The lowest BCUT2D eigenvalue weighted by Gasteiger charge is -2.22. The van der Waals surface area contributed by atoms with Crippen LogP contribution in [0.15, 0.2) is 6.07 Å². The Morgan fingerprint density at radius 3 is 2.94 bits per heavy atom. The Bertz CT molecular complexity index is 362. The second-order valence-corrected chi connectivity index (χ2v) is 5.03. The molecule has 0 N–H and O–H groups in total. The number of aromatic nitrogens is 2. The van der Waals surface area contributed by atoms with Gasteiger partial charge >= 0.3 is 0 Å². The molecule has 0 amide bonds. The Balaban J connectivity index is 2.09. The van der Waals surface area contributed by atoms with Gasteiger partial charge in [-0.2, -0.15) is 5.10 Å². The number of halogens is 1. The van der Waals surface area contributed by atoms with Crippen LogP contribution in [0.5, 0.6) is 0 Å². The molecule has 4 heteroatoms. The van der Waals surface area contributed by atoms with Crippen LogP contribution >= 0.6 is 11.6 Å². The average Bonchev–Trinajstić information content (AvgIpc) is 2.95. The fraction of sp³-hybridized carbons (Fsp3) is 0.769. The Morgan fingerprint density at radius 2 is 2.29 bits per heavy atom. The standard InChI is InChI=1S/C13H22ClN3/c1-3-11-8-13(17(4-2)15-11)10-16-7-5-6-12(16)9-14/h8,12H,3-7,9-10H2,1-2H3. The molecule has 1 unspecified atom stereocenters. The molecule has 1 fully saturated rings. The minimum atomic E-state index is 0.557. The first-order chi connectivity index (χ1) is 8.28. The Hall–Kier alpha value is -0.540. The lowest BCUT2D eigenvalue weighted by atomic mass is 10.2. The second kappa shape index (κ2) is 5.87. The lowest BCUT2D eigenvalue weighted by molar-refractivity contribution is 0.254. The van der Waals surface area contributed by atoms with Gasteiger partial charge in [-0.15, -0.1) is 11.6 Å². The van der Waals surface area contributed by atoms with Crippen molar-refractivity contribution in [3.8, 4) is 0 Å². The van der Waals surface area contributed by atoms with Gasteiger partial charge in [0, 0.05) is 25.0 Å². The first-order valence-corrected chi connectivity index (χ1v) is 7.17. The quantitative estimate of drug-likeness (QED) is 0.755. The zero-order valence-corrected chi connectivity index (χ0v) is 11.6. The Labute approximate surface area is 109 Å². The van der Waals surface area contributed by atoms with E-state index in [0.717, 1.165) is 25.4 Å². The van der Waals surface area contributed by atoms with Crippen LogP contribution in [0.4, 0.5) is 0 Å². The molecule has 1 aromatic rings. The molecular formula is C13H22ClN3. The van der Waals surface area contributed by atoms with E-state index in [9.17, 15) is 0 Å². The van der Waals surface area contributed by atoms with Crippen LogP contribution in [-0.4, -0.2) is 33.1 Å². The summed E-state index contributed by atoms with van der Waals surface area (Å²) in [6.45, 7) is 7.43. The summed E-state index contributed by atoms with van der Waals surface area (Å²) in [7, 11) is 0. The van der Waals surface area contributed by atoms with Crippen molar-refractivity contribution in [1.82, 2.24) is 14.7 Å². The zero-order chi connectivity index (χ0) is 12.3. The van der Waals surface area contributed by atoms with Gasteiger partial charge in [0.05, 0.1) is 11.4 Å². The third-order valence-electron chi connectivity index (χ3n) is 3.62. The predicted molar refractivity (Wildman–Crippen MR) is 71.4 cm³/mol. The monoisotopic (exact) mass is 255 g/mol. The number of rotatable bonds is 5. The van der Waals surface area contributed by atoms with Gasteiger partial charge in [0.2, 0.25) is 0 Å². The number of likely N-dealkylation sites (tertiary alicyclic amines) is 1. The van der Waals surface area contributed by atoms with Crippen LogP contribution in [0.25, 0.3) is 0 Å². The van der Waals surface area contributed by atoms with E-state index in [1.165, 1.54) is 30.8 Å². The average molecular weight is 256 g/mol. The van der Waals surface area contributed by atoms with Crippen molar-refractivity contribution in [1.29, 1.82) is 0 Å². The highest BCUT2D eigenvalue weighted by atomic mass is 35.5. The highest BCUT2D eigenvalue weighted by Gasteiger charge is 2.24. The van der Waals surface area contributed by atoms with Crippen LogP contribution in [0, 0.1) is 0 Å². The van der Waals surface area contributed by atoms with Gasteiger partial charge in [0.15, 0.2) is 0 Å². The van der Waals surface area contributed by atoms with E-state index in [4.69, 9.17) is 11.6 Å². The van der Waals surface area contributed by atoms with Crippen LogP contribution in [0.1, 0.15) is 38.1 Å². The van der Waals surface area contributed by atoms with Gasteiger partial charge in [-0.25, -0.2) is 0 Å². The second-order valence-electron chi connectivity index (χ2n) is 4.72. The third kappa shape index (κ3) is 2.83. The predicted octanol–water partition coefficient (Wildman–Crippen LogP) is 2.67. The van der Waals surface area contributed by atoms with Gasteiger partial charge in [0.1, 0.15) is 0 Å². The minimum absolute atomic E-state index is 0.557. The largest absolute Gasteiger partial charge is 0.293 e. The molecule has 1 saturated heterocycles. The highest BCUT2D eigenvalue weighted by molar-refractivity contribution is 6.18. The maximum Gasteiger partial charge on any atom is 0.0625 e. The molecule has 3 nitrogen and oxygen atoms in total. The summed E-state index contributed by atoms with van der Waals surface area (Å²) in [5.41, 5.74) is 2.53. The molecule has 1 aromatic heterocycles. The van der Waals surface area contributed by atoms with Crippen molar-refractivity contribution in [2.75, 3.05) is 12.4 Å². The molecule has 0 aromatic carbocycles. The van der Waals surface area contributed by atoms with Crippen LogP contribution in [0.3, 0.4) is 0 Å². The van der Waals surface area contributed by atoms with Gasteiger partial charge < -0.3 is 0 Å². The molecule has 0 aliphatic carbocycles. The molecule has 0 spiro atoms. The molecule has 17 heavy (non-hydrogen) atoms. The summed E-state index contributed by atoms with van der Waals surface area (Å²) < 4.78 is 2.13. The molecular weight excluding hydrogens is 234 g/mol. The highest BCUT2D eigenvalue weighted by Crippen LogP contribution is 2.21. The van der Waals surface area contributed by atoms with Gasteiger partial charge in [-0.3, -0.25) is 9.58 Å². The van der Waals surface area contributed by atoms with E-state index < -0.39 is 0 Å². The Morgan fingerprint density at radius 1 is 1.47 bits per heavy atom. The van der Waals surface area contributed by atoms with Crippen LogP contribution < -0.4 is 0 Å². The van der Waals surface area contributed by atoms with E-state index in [-0.39, 0.29) is 0 Å². The van der Waals surface area contributed by atoms with E-state index in [1.54, 1.807) is 0 Å². The summed E-state index contributed by atoms with van der Waals surface area (Å²) >= 11 is 6.01. The van der Waals surface area contributed by atoms with E-state index in [1.807, 2.05) is 0 Å². The molecule has 2 heterocycles. The number of hydrogen-bond donors (Lipinski definition) is 0. The SMILES string of the molecule is CCc1cc(CN2CCCC2CCl)n(CC)n1. The molecule has 96 valence electrons. The minimum Gasteiger partial charge on any atom is -0.293 e. The summed E-state index contributed by atoms with van der Waals surface area (Å²) in [5, 5.41) is 4.60. The van der Waals surface area contributed by atoms with Crippen molar-refractivity contribution in [2.24, 2.45) is 0 Å². The van der Waals surface area contributed by atoms with E-state index >= 15 is 0 Å². The molecule has 0 radical (unpaired) electrons. The molecule has 1 atom stereocenters. The molecule has 0 bridgehead atoms. The number of nitrogens with zero attached hydrogens (tertiary/aromatic N) is 3.